The molecule has 0 unspecified atom stereocenters. The molecule has 0 bridgehead atoms. The van der Waals surface area contributed by atoms with E-state index < -0.39 is 17.5 Å². The van der Waals surface area contributed by atoms with Crippen molar-refractivity contribution in [2.45, 2.75) is 0 Å². The summed E-state index contributed by atoms with van der Waals surface area (Å²) < 4.78 is 37.6. The first kappa shape index (κ1) is 9.15. The van der Waals surface area contributed by atoms with Crippen LogP contribution in [0.3, 0.4) is 0 Å². The minimum Gasteiger partial charge on any atom is -0.204 e. The van der Waals surface area contributed by atoms with Crippen LogP contribution in [-0.4, -0.2) is 0 Å². The smallest absolute Gasteiger partial charge is 0.195 e. The zero-order chi connectivity index (χ0) is 9.84. The summed E-state index contributed by atoms with van der Waals surface area (Å²) in [6.45, 7) is 0. The second kappa shape index (κ2) is 3.64. The van der Waals surface area contributed by atoms with Crippen LogP contribution in [0.2, 0.25) is 0 Å². The molecule has 1 rings (SSSR count). The zero-order valence-corrected chi connectivity index (χ0v) is 6.24. The highest BCUT2D eigenvalue weighted by Gasteiger charge is 2.11. The number of rotatable bonds is 0. The summed E-state index contributed by atoms with van der Waals surface area (Å²) in [5, 5.41) is 8.03. The number of nitrogens with zero attached hydrogens (tertiary/aromatic N) is 1. The molecule has 0 saturated carbocycles. The van der Waals surface area contributed by atoms with Crippen LogP contribution < -0.4 is 0 Å². The normalized spacial score (nSPS) is 8.46. The Hall–Kier alpha value is -1.94. The predicted molar refractivity (Wildman–Crippen MR) is 38.8 cm³/mol. The third-order valence-corrected chi connectivity index (χ3v) is 1.29. The molecule has 0 aliphatic carbocycles. The maximum atomic E-state index is 12.8. The van der Waals surface area contributed by atoms with Gasteiger partial charge in [0.05, 0.1) is 5.56 Å². The molecule has 1 nitrogen and oxygen atoms in total. The van der Waals surface area contributed by atoms with Gasteiger partial charge in [-0.15, -0.1) is 0 Å². The molecular weight excluding hydrogens is 179 g/mol. The van der Waals surface area contributed by atoms with Crippen molar-refractivity contribution in [2.24, 2.45) is 0 Å². The van der Waals surface area contributed by atoms with E-state index in [9.17, 15) is 13.2 Å². The lowest BCUT2D eigenvalue weighted by molar-refractivity contribution is 0.446. The standard InChI is InChI=1S/C9H2F3N/c10-7-4-3-6(2-1-5-13)8(11)9(7)12/h3-4H. The van der Waals surface area contributed by atoms with E-state index in [0.29, 0.717) is 0 Å². The minimum absolute atomic E-state index is 0.333. The Labute approximate surface area is 72.4 Å². The van der Waals surface area contributed by atoms with Gasteiger partial charge in [-0.1, -0.05) is 0 Å². The summed E-state index contributed by atoms with van der Waals surface area (Å²) in [4.78, 5) is 0. The molecule has 0 heterocycles. The molecule has 0 amide bonds. The Balaban J connectivity index is 3.28. The molecule has 0 fully saturated rings. The summed E-state index contributed by atoms with van der Waals surface area (Å²) in [5.41, 5.74) is -0.333. The van der Waals surface area contributed by atoms with Crippen LogP contribution in [0.5, 0.6) is 0 Å². The van der Waals surface area contributed by atoms with Gasteiger partial charge in [-0.3, -0.25) is 0 Å². The molecule has 1 aromatic carbocycles. The van der Waals surface area contributed by atoms with Gasteiger partial charge >= 0.3 is 0 Å². The van der Waals surface area contributed by atoms with Crippen LogP contribution in [0.1, 0.15) is 5.56 Å². The summed E-state index contributed by atoms with van der Waals surface area (Å²) in [6, 6.07) is 3.15. The third-order valence-electron chi connectivity index (χ3n) is 1.29. The van der Waals surface area contributed by atoms with Crippen molar-refractivity contribution in [3.05, 3.63) is 35.1 Å². The van der Waals surface area contributed by atoms with Crippen molar-refractivity contribution >= 4 is 0 Å². The highest BCUT2D eigenvalue weighted by atomic mass is 19.2. The first-order valence-corrected chi connectivity index (χ1v) is 3.20. The summed E-state index contributed by atoms with van der Waals surface area (Å²) >= 11 is 0. The van der Waals surface area contributed by atoms with Crippen molar-refractivity contribution in [1.82, 2.24) is 0 Å². The SMILES string of the molecule is N#CC#Cc1ccc(F)c(F)c1F. The molecule has 0 spiro atoms. The number of nitriles is 1. The van der Waals surface area contributed by atoms with Crippen molar-refractivity contribution in [2.75, 3.05) is 0 Å². The van der Waals surface area contributed by atoms with Crippen molar-refractivity contribution in [1.29, 1.82) is 5.26 Å². The van der Waals surface area contributed by atoms with Crippen LogP contribution in [0.25, 0.3) is 0 Å². The van der Waals surface area contributed by atoms with E-state index in [4.69, 9.17) is 5.26 Å². The van der Waals surface area contributed by atoms with Crippen molar-refractivity contribution in [3.63, 3.8) is 0 Å². The van der Waals surface area contributed by atoms with Gasteiger partial charge in [0.25, 0.3) is 0 Å². The number of hydrogen-bond acceptors (Lipinski definition) is 1. The average Bonchev–Trinajstić information content (AvgIpc) is 2.13. The largest absolute Gasteiger partial charge is 0.204 e. The molecule has 0 aromatic heterocycles. The maximum absolute atomic E-state index is 12.8. The van der Waals surface area contributed by atoms with Gasteiger partial charge < -0.3 is 0 Å². The van der Waals surface area contributed by atoms with E-state index in [0.717, 1.165) is 12.1 Å². The third kappa shape index (κ3) is 1.80. The minimum atomic E-state index is -1.58. The lowest BCUT2D eigenvalue weighted by Crippen LogP contribution is -1.93. The number of benzene rings is 1. The van der Waals surface area contributed by atoms with Gasteiger partial charge in [0.2, 0.25) is 0 Å². The molecule has 0 saturated heterocycles. The van der Waals surface area contributed by atoms with E-state index in [1.54, 1.807) is 0 Å². The van der Waals surface area contributed by atoms with Crippen LogP contribution in [-0.2, 0) is 0 Å². The number of hydrogen-bond donors (Lipinski definition) is 0. The molecule has 13 heavy (non-hydrogen) atoms. The molecule has 64 valence electrons. The second-order valence-electron chi connectivity index (χ2n) is 2.08. The topological polar surface area (TPSA) is 23.8 Å². The van der Waals surface area contributed by atoms with Gasteiger partial charge in [0, 0.05) is 5.92 Å². The highest BCUT2D eigenvalue weighted by Crippen LogP contribution is 2.13. The van der Waals surface area contributed by atoms with Crippen molar-refractivity contribution < 1.29 is 13.2 Å². The first-order chi connectivity index (χ1) is 6.16. The lowest BCUT2D eigenvalue weighted by Gasteiger charge is -1.96. The van der Waals surface area contributed by atoms with E-state index in [2.05, 4.69) is 0 Å². The van der Waals surface area contributed by atoms with Crippen LogP contribution in [0.4, 0.5) is 13.2 Å². The maximum Gasteiger partial charge on any atom is 0.195 e. The summed E-state index contributed by atoms with van der Waals surface area (Å²) in [5.74, 6) is -0.313. The van der Waals surface area contributed by atoms with Gasteiger partial charge in [-0.25, -0.2) is 13.2 Å². The molecular formula is C9H2F3N. The van der Waals surface area contributed by atoms with Crippen molar-refractivity contribution in [3.8, 4) is 17.9 Å². The predicted octanol–water partition coefficient (Wildman–Crippen LogP) is 1.98. The fraction of sp³-hybridized carbons (Fsp3) is 0. The van der Waals surface area contributed by atoms with E-state index in [1.807, 2.05) is 11.8 Å². The Bertz CT molecular complexity index is 435. The van der Waals surface area contributed by atoms with E-state index in [1.165, 1.54) is 6.07 Å². The van der Waals surface area contributed by atoms with E-state index in [-0.39, 0.29) is 5.56 Å². The molecule has 4 heteroatoms. The average molecular weight is 181 g/mol. The Kier molecular flexibility index (Phi) is 2.56. The quantitative estimate of drug-likeness (QED) is 0.443. The monoisotopic (exact) mass is 181 g/mol. The molecule has 0 aliphatic heterocycles. The van der Waals surface area contributed by atoms with Crippen LogP contribution in [0, 0.1) is 40.6 Å². The lowest BCUT2D eigenvalue weighted by atomic mass is 10.2. The molecule has 1 aromatic rings. The second-order valence-corrected chi connectivity index (χ2v) is 2.08. The number of halogens is 3. The van der Waals surface area contributed by atoms with Gasteiger partial charge in [-0.05, 0) is 18.1 Å². The zero-order valence-electron chi connectivity index (χ0n) is 6.24. The molecule has 0 atom stereocenters. The first-order valence-electron chi connectivity index (χ1n) is 3.20. The molecule has 0 aliphatic rings. The van der Waals surface area contributed by atoms with Gasteiger partial charge in [-0.2, -0.15) is 5.26 Å². The van der Waals surface area contributed by atoms with E-state index >= 15 is 0 Å². The van der Waals surface area contributed by atoms with Gasteiger partial charge in [0.1, 0.15) is 0 Å². The fourth-order valence-electron chi connectivity index (χ4n) is 0.718. The summed E-state index contributed by atoms with van der Waals surface area (Å²) in [6.07, 6.45) is 0. The highest BCUT2D eigenvalue weighted by molar-refractivity contribution is 5.39. The Morgan fingerprint density at radius 2 is 1.77 bits per heavy atom. The fourth-order valence-corrected chi connectivity index (χ4v) is 0.718. The van der Waals surface area contributed by atoms with Gasteiger partial charge in [0.15, 0.2) is 23.5 Å². The van der Waals surface area contributed by atoms with Crippen LogP contribution >= 0.6 is 0 Å². The molecule has 0 radical (unpaired) electrons. The Morgan fingerprint density at radius 3 is 2.38 bits per heavy atom. The summed E-state index contributed by atoms with van der Waals surface area (Å²) in [7, 11) is 0. The Morgan fingerprint density at radius 1 is 1.08 bits per heavy atom. The molecule has 0 N–H and O–H groups in total. The van der Waals surface area contributed by atoms with Crippen LogP contribution in [0.15, 0.2) is 12.1 Å².